The number of esters is 1. The third-order valence-electron chi connectivity index (χ3n) is 3.96. The van der Waals surface area contributed by atoms with Gasteiger partial charge >= 0.3 is 11.9 Å². The first-order valence-corrected chi connectivity index (χ1v) is 6.70. The Bertz CT molecular complexity index is 510. The van der Waals surface area contributed by atoms with Gasteiger partial charge in [0.05, 0.1) is 5.92 Å². The number of ether oxygens (including phenoxy) is 1. The third kappa shape index (κ3) is 2.98. The molecule has 8 heteroatoms. The molecule has 21 heavy (non-hydrogen) atoms. The summed E-state index contributed by atoms with van der Waals surface area (Å²) < 4.78 is 4.83. The highest BCUT2D eigenvalue weighted by molar-refractivity contribution is 5.86. The zero-order valence-electron chi connectivity index (χ0n) is 12.3. The normalized spacial score (nSPS) is 24.0. The molecule has 2 aliphatic heterocycles. The van der Waals surface area contributed by atoms with Gasteiger partial charge in [-0.2, -0.15) is 0 Å². The van der Waals surface area contributed by atoms with Crippen molar-refractivity contribution < 1.29 is 24.2 Å². The molecule has 1 spiro atoms. The molecule has 2 fully saturated rings. The highest BCUT2D eigenvalue weighted by atomic mass is 16.5. The Morgan fingerprint density at radius 2 is 1.81 bits per heavy atom. The van der Waals surface area contributed by atoms with Crippen LogP contribution < -0.4 is 0 Å². The molecule has 0 radical (unpaired) electrons. The second-order valence-corrected chi connectivity index (χ2v) is 5.69. The number of aliphatic carboxylic acids is 1. The van der Waals surface area contributed by atoms with Crippen LogP contribution in [0, 0.1) is 11.3 Å². The maximum absolute atomic E-state index is 11.5. The summed E-state index contributed by atoms with van der Waals surface area (Å²) in [5.41, 5.74) is -0.461. The summed E-state index contributed by atoms with van der Waals surface area (Å²) in [5.74, 6) is -1.80. The lowest BCUT2D eigenvalue weighted by Crippen LogP contribution is -2.59. The minimum atomic E-state index is -0.890. The molecule has 2 saturated heterocycles. The van der Waals surface area contributed by atoms with E-state index in [0.29, 0.717) is 19.6 Å². The summed E-state index contributed by atoms with van der Waals surface area (Å²) in [6.45, 7) is 5.84. The van der Waals surface area contributed by atoms with Gasteiger partial charge in [-0.25, -0.2) is 0 Å². The average molecular weight is 297 g/mol. The van der Waals surface area contributed by atoms with Crippen molar-refractivity contribution in [1.29, 1.82) is 0 Å². The molecule has 1 amide bonds. The Kier molecular flexibility index (Phi) is 3.89. The van der Waals surface area contributed by atoms with Crippen molar-refractivity contribution in [3.05, 3.63) is 0 Å². The molecular weight excluding hydrogens is 278 g/mol. The molecule has 0 aliphatic carbocycles. The monoisotopic (exact) mass is 297 g/mol. The van der Waals surface area contributed by atoms with E-state index in [1.807, 2.05) is 0 Å². The summed E-state index contributed by atoms with van der Waals surface area (Å²) in [5, 5.41) is 15.1. The number of hydrogen-bond acceptors (Lipinski definition) is 6. The molecular formula is C13H19N3O5. The van der Waals surface area contributed by atoms with Crippen LogP contribution in [0.2, 0.25) is 0 Å². The fourth-order valence-corrected chi connectivity index (χ4v) is 3.05. The van der Waals surface area contributed by atoms with Crippen molar-refractivity contribution in [3.8, 4) is 0 Å². The van der Waals surface area contributed by atoms with Gasteiger partial charge in [-0.1, -0.05) is 0 Å². The Morgan fingerprint density at radius 3 is 2.29 bits per heavy atom. The average Bonchev–Trinajstić information content (AvgIpc) is 2.67. The van der Waals surface area contributed by atoms with Gasteiger partial charge in [0.1, 0.15) is 0 Å². The molecule has 1 atom stereocenters. The standard InChI is InChI=1S/C13H19N3O5/c1-8(21-10(3)18)14-16-6-13(7-16)5-15(9(2)17)4-11(13)12(19)20/h11H,4-7H2,1-3H3,(H,19,20)/b14-8+/t11-/m0/s1. The second kappa shape index (κ2) is 5.34. The van der Waals surface area contributed by atoms with E-state index >= 15 is 0 Å². The lowest BCUT2D eigenvalue weighted by atomic mass is 9.72. The van der Waals surface area contributed by atoms with E-state index in [9.17, 15) is 19.5 Å². The van der Waals surface area contributed by atoms with Crippen molar-refractivity contribution >= 4 is 23.7 Å². The van der Waals surface area contributed by atoms with Crippen molar-refractivity contribution in [3.63, 3.8) is 0 Å². The van der Waals surface area contributed by atoms with Gasteiger partial charge in [0.15, 0.2) is 0 Å². The molecule has 8 nitrogen and oxygen atoms in total. The van der Waals surface area contributed by atoms with Crippen molar-refractivity contribution in [2.24, 2.45) is 16.4 Å². The van der Waals surface area contributed by atoms with E-state index in [-0.39, 0.29) is 18.3 Å². The number of carbonyl (C=O) groups is 3. The van der Waals surface area contributed by atoms with E-state index in [1.165, 1.54) is 13.8 Å². The van der Waals surface area contributed by atoms with Gasteiger partial charge in [0.2, 0.25) is 11.8 Å². The summed E-state index contributed by atoms with van der Waals surface area (Å²) >= 11 is 0. The second-order valence-electron chi connectivity index (χ2n) is 5.69. The van der Waals surface area contributed by atoms with Gasteiger partial charge in [-0.15, -0.1) is 5.10 Å². The van der Waals surface area contributed by atoms with Crippen LogP contribution in [0.1, 0.15) is 20.8 Å². The molecule has 0 unspecified atom stereocenters. The van der Waals surface area contributed by atoms with Crippen LogP contribution in [0.25, 0.3) is 0 Å². The third-order valence-corrected chi connectivity index (χ3v) is 3.96. The molecule has 0 bridgehead atoms. The summed E-state index contributed by atoms with van der Waals surface area (Å²) in [6.07, 6.45) is 0. The van der Waals surface area contributed by atoms with Gasteiger partial charge in [-0.3, -0.25) is 19.4 Å². The first-order chi connectivity index (χ1) is 9.73. The molecule has 1 N–H and O–H groups in total. The maximum atomic E-state index is 11.5. The molecule has 2 heterocycles. The Hall–Kier alpha value is -2.12. The van der Waals surface area contributed by atoms with Gasteiger partial charge in [0, 0.05) is 52.4 Å². The molecule has 0 aromatic heterocycles. The van der Waals surface area contributed by atoms with Crippen LogP contribution in [-0.2, 0) is 19.1 Å². The number of carboxylic acids is 1. The maximum Gasteiger partial charge on any atom is 0.309 e. The summed E-state index contributed by atoms with van der Waals surface area (Å²) in [6, 6.07) is 0. The van der Waals surface area contributed by atoms with E-state index in [1.54, 1.807) is 16.8 Å². The largest absolute Gasteiger partial charge is 0.481 e. The van der Waals surface area contributed by atoms with Crippen LogP contribution in [0.3, 0.4) is 0 Å². The lowest BCUT2D eigenvalue weighted by Gasteiger charge is -2.48. The number of hydrazone groups is 1. The van der Waals surface area contributed by atoms with Gasteiger partial charge in [-0.05, 0) is 0 Å². The van der Waals surface area contributed by atoms with Gasteiger partial charge < -0.3 is 14.7 Å². The van der Waals surface area contributed by atoms with E-state index < -0.39 is 23.3 Å². The minimum absolute atomic E-state index is 0.115. The van der Waals surface area contributed by atoms with Gasteiger partial charge in [0.25, 0.3) is 0 Å². The quantitative estimate of drug-likeness (QED) is 0.428. The molecule has 2 rings (SSSR count). The molecule has 116 valence electrons. The smallest absolute Gasteiger partial charge is 0.309 e. The predicted molar refractivity (Wildman–Crippen MR) is 72.3 cm³/mol. The summed E-state index contributed by atoms with van der Waals surface area (Å²) in [4.78, 5) is 35.2. The lowest BCUT2D eigenvalue weighted by molar-refractivity contribution is -0.149. The first-order valence-electron chi connectivity index (χ1n) is 6.70. The Morgan fingerprint density at radius 1 is 1.19 bits per heavy atom. The molecule has 0 aromatic carbocycles. The van der Waals surface area contributed by atoms with Crippen LogP contribution in [0.5, 0.6) is 0 Å². The fourth-order valence-electron chi connectivity index (χ4n) is 3.05. The summed E-state index contributed by atoms with van der Waals surface area (Å²) in [7, 11) is 0. The number of rotatable bonds is 2. The Balaban J connectivity index is 2.03. The van der Waals surface area contributed by atoms with Crippen molar-refractivity contribution in [2.75, 3.05) is 26.2 Å². The molecule has 0 saturated carbocycles. The highest BCUT2D eigenvalue weighted by Crippen LogP contribution is 2.44. The Labute approximate surface area is 122 Å². The first kappa shape index (κ1) is 15.3. The number of amides is 1. The number of carboxylic acid groups (broad SMARTS) is 1. The SMILES string of the molecule is CC(=O)O/C(C)=N/N1CC2(C1)CN(C(C)=O)C[C@H]2C(=O)O. The zero-order valence-corrected chi connectivity index (χ0v) is 12.3. The minimum Gasteiger partial charge on any atom is -0.481 e. The van der Waals surface area contributed by atoms with Crippen LogP contribution in [0.15, 0.2) is 5.10 Å². The zero-order chi connectivity index (χ0) is 15.8. The van der Waals surface area contributed by atoms with E-state index in [4.69, 9.17) is 4.74 Å². The number of likely N-dealkylation sites (tertiary alicyclic amines) is 1. The fraction of sp³-hybridized carbons (Fsp3) is 0.692. The van der Waals surface area contributed by atoms with Crippen LogP contribution in [-0.4, -0.2) is 64.9 Å². The predicted octanol–water partition coefficient (Wildman–Crippen LogP) is -0.252. The van der Waals surface area contributed by atoms with Crippen LogP contribution >= 0.6 is 0 Å². The van der Waals surface area contributed by atoms with Crippen molar-refractivity contribution in [1.82, 2.24) is 9.91 Å². The van der Waals surface area contributed by atoms with E-state index in [2.05, 4.69) is 5.10 Å². The van der Waals surface area contributed by atoms with Crippen LogP contribution in [0.4, 0.5) is 0 Å². The number of carbonyl (C=O) groups excluding carboxylic acids is 2. The topological polar surface area (TPSA) is 99.5 Å². The molecule has 2 aliphatic rings. The number of nitrogens with zero attached hydrogens (tertiary/aromatic N) is 3. The highest BCUT2D eigenvalue weighted by Gasteiger charge is 2.57. The molecule has 0 aromatic rings. The van der Waals surface area contributed by atoms with Crippen molar-refractivity contribution in [2.45, 2.75) is 20.8 Å². The number of hydrogen-bond donors (Lipinski definition) is 1. The van der Waals surface area contributed by atoms with E-state index in [0.717, 1.165) is 0 Å².